The maximum atomic E-state index is 9.99. The number of ether oxygens (including phenoxy) is 4. The number of nitrogens with zero attached hydrogens (tertiary/aromatic N) is 3. The van der Waals surface area contributed by atoms with E-state index < -0.39 is 0 Å². The van der Waals surface area contributed by atoms with Gasteiger partial charge in [0.15, 0.2) is 5.76 Å². The van der Waals surface area contributed by atoms with Crippen LogP contribution in [0.15, 0.2) is 53.1 Å². The Morgan fingerprint density at radius 3 is 2.74 bits per heavy atom. The van der Waals surface area contributed by atoms with Crippen molar-refractivity contribution in [1.82, 2.24) is 9.88 Å². The molecule has 1 aromatic carbocycles. The third-order valence-corrected chi connectivity index (χ3v) is 7.17. The fourth-order valence-corrected chi connectivity index (χ4v) is 5.07. The number of fused-ring (bicyclic) bond motifs is 2. The van der Waals surface area contributed by atoms with Crippen LogP contribution >= 0.6 is 0 Å². The summed E-state index contributed by atoms with van der Waals surface area (Å²) < 4.78 is 29.3. The summed E-state index contributed by atoms with van der Waals surface area (Å²) in [6.07, 6.45) is 4.22. The molecule has 2 saturated heterocycles. The number of nitrogens with one attached hydrogen (secondary N) is 1. The molecular weight excluding hydrogens is 496 g/mol. The monoisotopic (exact) mass is 528 g/mol. The SMILES string of the molecule is N#Cc1cc2c(OC3CCOCC3)cc(OCCCN3CCOCC3)cc2nc1Nc1ccc2cccoc1-2. The first kappa shape index (κ1) is 25.4. The fraction of sp³-hybridized carbons (Fsp3) is 0.400. The van der Waals surface area contributed by atoms with Crippen LogP contribution in [0.3, 0.4) is 0 Å². The molecule has 0 radical (unpaired) electrons. The lowest BCUT2D eigenvalue weighted by Gasteiger charge is -2.26. The van der Waals surface area contributed by atoms with Crippen molar-refractivity contribution in [2.75, 3.05) is 58.0 Å². The molecule has 9 nitrogen and oxygen atoms in total. The summed E-state index contributed by atoms with van der Waals surface area (Å²) in [6, 6.07) is 15.7. The molecule has 3 aliphatic heterocycles. The molecule has 1 aliphatic carbocycles. The molecule has 202 valence electrons. The van der Waals surface area contributed by atoms with Crippen molar-refractivity contribution in [3.8, 4) is 28.9 Å². The van der Waals surface area contributed by atoms with E-state index in [-0.39, 0.29) is 6.10 Å². The van der Waals surface area contributed by atoms with Gasteiger partial charge in [-0.25, -0.2) is 4.98 Å². The Balaban J connectivity index is 1.28. The van der Waals surface area contributed by atoms with Crippen LogP contribution in [0.25, 0.3) is 22.2 Å². The molecule has 1 aromatic heterocycles. The number of benzene rings is 1. The summed E-state index contributed by atoms with van der Waals surface area (Å²) in [6.45, 7) is 6.42. The highest BCUT2D eigenvalue weighted by Gasteiger charge is 2.20. The largest absolute Gasteiger partial charge is 0.493 e. The minimum Gasteiger partial charge on any atom is -0.493 e. The summed E-state index contributed by atoms with van der Waals surface area (Å²) >= 11 is 0. The number of nitriles is 1. The highest BCUT2D eigenvalue weighted by atomic mass is 16.5. The highest BCUT2D eigenvalue weighted by molar-refractivity contribution is 5.91. The first-order chi connectivity index (χ1) is 19.3. The number of aromatic nitrogens is 1. The molecule has 1 N–H and O–H groups in total. The predicted octanol–water partition coefficient (Wildman–Crippen LogP) is 5.21. The number of anilines is 2. The van der Waals surface area contributed by atoms with Crippen LogP contribution in [0.1, 0.15) is 24.8 Å². The number of hydrogen-bond donors (Lipinski definition) is 1. The molecule has 2 fully saturated rings. The molecule has 39 heavy (non-hydrogen) atoms. The van der Waals surface area contributed by atoms with Crippen molar-refractivity contribution in [1.29, 1.82) is 5.26 Å². The molecule has 0 saturated carbocycles. The van der Waals surface area contributed by atoms with Crippen molar-refractivity contribution in [2.45, 2.75) is 25.4 Å². The van der Waals surface area contributed by atoms with Crippen molar-refractivity contribution in [3.05, 3.63) is 54.3 Å². The van der Waals surface area contributed by atoms with Gasteiger partial charge in [-0.3, -0.25) is 4.90 Å². The normalized spacial score (nSPS) is 16.8. The maximum absolute atomic E-state index is 9.99. The van der Waals surface area contributed by atoms with Crippen molar-refractivity contribution < 1.29 is 23.4 Å². The fourth-order valence-electron chi connectivity index (χ4n) is 5.07. The zero-order valence-electron chi connectivity index (χ0n) is 21.9. The average molecular weight is 529 g/mol. The second kappa shape index (κ2) is 11.9. The first-order valence-electron chi connectivity index (χ1n) is 13.6. The predicted molar refractivity (Wildman–Crippen MR) is 147 cm³/mol. The van der Waals surface area contributed by atoms with E-state index in [4.69, 9.17) is 28.3 Å². The smallest absolute Gasteiger partial charge is 0.157 e. The van der Waals surface area contributed by atoms with Gasteiger partial charge in [0, 0.05) is 55.6 Å². The van der Waals surface area contributed by atoms with Gasteiger partial charge in [-0.05, 0) is 36.8 Å². The molecule has 0 bridgehead atoms. The molecule has 9 heteroatoms. The summed E-state index contributed by atoms with van der Waals surface area (Å²) in [4.78, 5) is 7.26. The number of hydrogen-bond acceptors (Lipinski definition) is 9. The molecule has 4 aliphatic rings. The minimum atomic E-state index is 0.0409. The lowest BCUT2D eigenvalue weighted by molar-refractivity contribution is 0.0260. The van der Waals surface area contributed by atoms with Gasteiger partial charge in [-0.1, -0.05) is 0 Å². The van der Waals surface area contributed by atoms with Gasteiger partial charge in [0.2, 0.25) is 0 Å². The number of morpholine rings is 1. The lowest BCUT2D eigenvalue weighted by atomic mass is 10.1. The standard InChI is InChI=1S/C30H32N4O5/c31-20-22-17-25-27(33-30(22)32-26-5-4-21-3-1-11-38-29(21)26)18-24(19-28(25)39-23-6-13-35-14-7-23)37-12-2-8-34-9-15-36-16-10-34/h1,3-5,11,17-19,23H,2,6-10,12-16H2,(H,32,33). The second-order valence-corrected chi connectivity index (χ2v) is 9.84. The van der Waals surface area contributed by atoms with Gasteiger partial charge in [0.25, 0.3) is 0 Å². The summed E-state index contributed by atoms with van der Waals surface area (Å²) in [7, 11) is 0. The van der Waals surface area contributed by atoms with Gasteiger partial charge in [0.05, 0.1) is 56.1 Å². The summed E-state index contributed by atoms with van der Waals surface area (Å²) in [5, 5.41) is 14.1. The van der Waals surface area contributed by atoms with Gasteiger partial charge < -0.3 is 28.7 Å². The van der Waals surface area contributed by atoms with Crippen molar-refractivity contribution >= 4 is 22.4 Å². The average Bonchev–Trinajstić information content (AvgIpc) is 3.39. The molecule has 2 aromatic rings. The zero-order chi connectivity index (χ0) is 26.4. The molecule has 6 rings (SSSR count). The Labute approximate surface area is 227 Å². The second-order valence-electron chi connectivity index (χ2n) is 9.84. The molecule has 0 spiro atoms. The topological polar surface area (TPSA) is 102 Å². The van der Waals surface area contributed by atoms with Crippen LogP contribution in [0.5, 0.6) is 11.5 Å². The van der Waals surface area contributed by atoms with Crippen molar-refractivity contribution in [2.24, 2.45) is 0 Å². The molecule has 0 unspecified atom stereocenters. The Bertz CT molecular complexity index is 1420. The maximum Gasteiger partial charge on any atom is 0.157 e. The van der Waals surface area contributed by atoms with E-state index >= 15 is 0 Å². The Morgan fingerprint density at radius 1 is 1.05 bits per heavy atom. The van der Waals surface area contributed by atoms with E-state index in [1.165, 1.54) is 0 Å². The van der Waals surface area contributed by atoms with Gasteiger partial charge >= 0.3 is 0 Å². The van der Waals surface area contributed by atoms with Crippen LogP contribution < -0.4 is 14.8 Å². The Kier molecular flexibility index (Phi) is 7.77. The highest BCUT2D eigenvalue weighted by Crippen LogP contribution is 2.37. The molecule has 0 atom stereocenters. The van der Waals surface area contributed by atoms with Crippen LogP contribution in [-0.2, 0) is 9.47 Å². The van der Waals surface area contributed by atoms with Crippen LogP contribution in [0.2, 0.25) is 0 Å². The van der Waals surface area contributed by atoms with Crippen LogP contribution in [-0.4, -0.2) is 68.7 Å². The summed E-state index contributed by atoms with van der Waals surface area (Å²) in [5.41, 5.74) is 2.84. The molecule has 4 heterocycles. The lowest BCUT2D eigenvalue weighted by Crippen LogP contribution is -2.37. The van der Waals surface area contributed by atoms with Gasteiger partial charge in [-0.2, -0.15) is 5.26 Å². The third kappa shape index (κ3) is 5.93. The van der Waals surface area contributed by atoms with Crippen molar-refractivity contribution in [3.63, 3.8) is 0 Å². The number of rotatable bonds is 9. The zero-order valence-corrected chi connectivity index (χ0v) is 21.9. The quantitative estimate of drug-likeness (QED) is 0.293. The van der Waals surface area contributed by atoms with E-state index in [0.717, 1.165) is 68.7 Å². The van der Waals surface area contributed by atoms with E-state index in [9.17, 15) is 5.26 Å². The Morgan fingerprint density at radius 2 is 1.90 bits per heavy atom. The first-order valence-corrected chi connectivity index (χ1v) is 13.6. The molecular formula is C30H32N4O5. The van der Waals surface area contributed by atoms with Crippen LogP contribution in [0, 0.1) is 11.3 Å². The van der Waals surface area contributed by atoms with Gasteiger partial charge in [0.1, 0.15) is 29.5 Å². The third-order valence-electron chi connectivity index (χ3n) is 7.17. The van der Waals surface area contributed by atoms with E-state index in [2.05, 4.69) is 16.3 Å². The molecule has 0 amide bonds. The van der Waals surface area contributed by atoms with E-state index in [1.54, 1.807) is 6.26 Å². The van der Waals surface area contributed by atoms with E-state index in [1.807, 2.05) is 42.5 Å². The Hall–Kier alpha value is -3.84. The number of pyridine rings is 1. The minimum absolute atomic E-state index is 0.0409. The van der Waals surface area contributed by atoms with Crippen LogP contribution in [0.4, 0.5) is 11.5 Å². The summed E-state index contributed by atoms with van der Waals surface area (Å²) in [5.74, 6) is 2.54. The van der Waals surface area contributed by atoms with E-state index in [0.29, 0.717) is 54.0 Å². The van der Waals surface area contributed by atoms with Gasteiger partial charge in [-0.15, -0.1) is 0 Å².